The van der Waals surface area contributed by atoms with E-state index in [0.29, 0.717) is 43.5 Å². The highest BCUT2D eigenvalue weighted by Gasteiger charge is 2.38. The third-order valence-electron chi connectivity index (χ3n) is 11.0. The van der Waals surface area contributed by atoms with Crippen LogP contribution in [-0.2, 0) is 11.2 Å². The first-order chi connectivity index (χ1) is 24.1. The van der Waals surface area contributed by atoms with Crippen molar-refractivity contribution in [3.05, 3.63) is 94.4 Å². The van der Waals surface area contributed by atoms with E-state index in [9.17, 15) is 27.9 Å². The molecule has 1 aromatic heterocycles. The Morgan fingerprint density at radius 3 is 2.44 bits per heavy atom. The van der Waals surface area contributed by atoms with Gasteiger partial charge in [-0.05, 0) is 77.7 Å². The zero-order valence-corrected chi connectivity index (χ0v) is 27.9. The summed E-state index contributed by atoms with van der Waals surface area (Å²) < 4.78 is 45.8. The molecule has 1 saturated heterocycles. The predicted molar refractivity (Wildman–Crippen MR) is 183 cm³/mol. The lowest BCUT2D eigenvalue weighted by atomic mass is 9.73. The van der Waals surface area contributed by atoms with E-state index in [-0.39, 0.29) is 11.5 Å². The number of anilines is 1. The molecule has 4 aromatic rings. The Kier molecular flexibility index (Phi) is 9.43. The maximum atomic E-state index is 13.9. The first-order valence-electron chi connectivity index (χ1n) is 17.4. The van der Waals surface area contributed by atoms with Crippen molar-refractivity contribution in [1.29, 1.82) is 0 Å². The van der Waals surface area contributed by atoms with Crippen LogP contribution in [0.2, 0.25) is 0 Å². The summed E-state index contributed by atoms with van der Waals surface area (Å²) in [6, 6.07) is 14.7. The van der Waals surface area contributed by atoms with Crippen molar-refractivity contribution >= 4 is 17.6 Å². The summed E-state index contributed by atoms with van der Waals surface area (Å²) in [4.78, 5) is 26.3. The zero-order chi connectivity index (χ0) is 35.1. The Labute approximate surface area is 288 Å². The summed E-state index contributed by atoms with van der Waals surface area (Å²) in [5.74, 6) is -4.24. The normalized spacial score (nSPS) is 20.6. The Morgan fingerprint density at radius 2 is 1.76 bits per heavy atom. The number of carbonyl (C=O) groups is 2. The van der Waals surface area contributed by atoms with Crippen molar-refractivity contribution in [2.24, 2.45) is 17.8 Å². The molecule has 0 bridgehead atoms. The van der Waals surface area contributed by atoms with Crippen molar-refractivity contribution in [1.82, 2.24) is 15.4 Å². The van der Waals surface area contributed by atoms with E-state index >= 15 is 0 Å². The molecule has 0 spiro atoms. The lowest BCUT2D eigenvalue weighted by molar-refractivity contribution is -0.144. The van der Waals surface area contributed by atoms with Gasteiger partial charge < -0.3 is 25.6 Å². The molecule has 3 fully saturated rings. The van der Waals surface area contributed by atoms with E-state index in [1.54, 1.807) is 0 Å². The minimum absolute atomic E-state index is 0.252. The maximum Gasteiger partial charge on any atom is 0.309 e. The fraction of sp³-hybridized carbons (Fsp3) is 0.410. The number of carboxylic acid groups (broad SMARTS) is 1. The highest BCUT2D eigenvalue weighted by molar-refractivity contribution is 5.93. The summed E-state index contributed by atoms with van der Waals surface area (Å²) in [5, 5.41) is 15.7. The number of carbonyl (C=O) groups excluding carboxylic acids is 1. The van der Waals surface area contributed by atoms with Crippen LogP contribution in [0.3, 0.4) is 0 Å². The highest BCUT2D eigenvalue weighted by Crippen LogP contribution is 2.46. The van der Waals surface area contributed by atoms with Crippen LogP contribution in [0.4, 0.5) is 18.9 Å². The van der Waals surface area contributed by atoms with Gasteiger partial charge in [0.05, 0.1) is 11.5 Å². The van der Waals surface area contributed by atoms with Gasteiger partial charge in [-0.25, -0.2) is 13.2 Å². The molecular weight excluding hydrogens is 645 g/mol. The topological polar surface area (TPSA) is 122 Å². The van der Waals surface area contributed by atoms with E-state index in [1.165, 1.54) is 47.1 Å². The molecule has 8 rings (SSSR count). The van der Waals surface area contributed by atoms with Gasteiger partial charge in [0.1, 0.15) is 17.5 Å². The van der Waals surface area contributed by atoms with Gasteiger partial charge in [0.25, 0.3) is 5.91 Å². The minimum Gasteiger partial charge on any atom is -0.481 e. The van der Waals surface area contributed by atoms with Crippen molar-refractivity contribution < 1.29 is 32.4 Å². The second-order valence-corrected chi connectivity index (χ2v) is 14.2. The molecule has 1 amide bonds. The number of aliphatic carboxylic acids is 1. The van der Waals surface area contributed by atoms with Crippen LogP contribution in [0.5, 0.6) is 0 Å². The molecule has 2 saturated carbocycles. The monoisotopic (exact) mass is 686 g/mol. The largest absolute Gasteiger partial charge is 0.481 e. The average Bonchev–Trinajstić information content (AvgIpc) is 3.58. The molecule has 3 atom stereocenters. The van der Waals surface area contributed by atoms with E-state index in [2.05, 4.69) is 58.7 Å². The summed E-state index contributed by atoms with van der Waals surface area (Å²) in [6.45, 7) is 4.23. The number of nitrogens with two attached hydrogens (primary N) is 1. The van der Waals surface area contributed by atoms with E-state index in [0.717, 1.165) is 43.5 Å². The third-order valence-corrected chi connectivity index (χ3v) is 11.0. The fourth-order valence-electron chi connectivity index (χ4n) is 7.64. The SMILES string of the molecule is C[C@@H](c1ccc2c(c1N)Cc1ccccc1-2)C1CCC1.O=C(N[C@H]1CCN(CC2CC2)C[C@@H]1C(=O)O)c1cc(-c2c(F)cc(F)cc2F)on1. The molecule has 2 heterocycles. The molecule has 0 radical (unpaired) electrons. The quantitative estimate of drug-likeness (QED) is 0.145. The number of hydrogen-bond acceptors (Lipinski definition) is 6. The highest BCUT2D eigenvalue weighted by atomic mass is 19.1. The number of fused-ring (bicyclic) bond motifs is 3. The Hall–Kier alpha value is -4.64. The van der Waals surface area contributed by atoms with Crippen LogP contribution < -0.4 is 11.1 Å². The lowest BCUT2D eigenvalue weighted by Crippen LogP contribution is -2.53. The van der Waals surface area contributed by atoms with Crippen LogP contribution in [0.25, 0.3) is 22.5 Å². The number of rotatable bonds is 8. The number of nitrogen functional groups attached to an aromatic ring is 1. The second-order valence-electron chi connectivity index (χ2n) is 14.2. The van der Waals surface area contributed by atoms with Gasteiger partial charge in [-0.3, -0.25) is 9.59 Å². The van der Waals surface area contributed by atoms with Gasteiger partial charge in [0, 0.05) is 56.0 Å². The van der Waals surface area contributed by atoms with E-state index < -0.39 is 46.9 Å². The number of likely N-dealkylation sites (tertiary alicyclic amines) is 1. The number of halogens is 3. The van der Waals surface area contributed by atoms with Gasteiger partial charge in [-0.2, -0.15) is 0 Å². The Morgan fingerprint density at radius 1 is 1.02 bits per heavy atom. The molecule has 1 aliphatic heterocycles. The zero-order valence-electron chi connectivity index (χ0n) is 27.9. The van der Waals surface area contributed by atoms with E-state index in [4.69, 9.17) is 10.3 Å². The van der Waals surface area contributed by atoms with Crippen LogP contribution >= 0.6 is 0 Å². The second kappa shape index (κ2) is 13.9. The number of nitrogens with one attached hydrogen (secondary N) is 1. The first-order valence-corrected chi connectivity index (χ1v) is 17.4. The van der Waals surface area contributed by atoms with Gasteiger partial charge in [-0.1, -0.05) is 54.9 Å². The van der Waals surface area contributed by atoms with E-state index in [1.807, 2.05) is 0 Å². The Bertz CT molecular complexity index is 1900. The lowest BCUT2D eigenvalue weighted by Gasteiger charge is -2.36. The molecular formula is C39H41F3N4O4. The van der Waals surface area contributed by atoms with Crippen molar-refractivity contribution in [3.63, 3.8) is 0 Å². The molecule has 50 heavy (non-hydrogen) atoms. The predicted octanol–water partition coefficient (Wildman–Crippen LogP) is 7.42. The molecule has 4 aliphatic rings. The van der Waals surface area contributed by atoms with Crippen molar-refractivity contribution in [2.75, 3.05) is 25.4 Å². The maximum absolute atomic E-state index is 13.9. The standard InChI is InChI=1S/C20H20F3N3O4.C19H21N/c21-11-5-13(22)18(14(23)6-11)17-7-16(25-30-17)19(27)24-15-3-4-26(8-10-1-2-10)9-12(15)20(28)29;1-12(13-6-4-7-13)15-9-10-17-16-8-3-2-5-14(16)11-18(17)19(15)20/h5-7,10,12,15H,1-4,8-9H2,(H,24,27)(H,28,29);2-3,5,8-10,12-13H,4,6-7,11,20H2,1H3/t12-,15-;12-/m01/s1. The van der Waals surface area contributed by atoms with Gasteiger partial charge in [0.15, 0.2) is 11.5 Å². The number of hydrogen-bond donors (Lipinski definition) is 3. The van der Waals surface area contributed by atoms with Crippen LogP contribution in [0.15, 0.2) is 59.1 Å². The minimum atomic E-state index is -1.19. The summed E-state index contributed by atoms with van der Waals surface area (Å²) in [7, 11) is 0. The van der Waals surface area contributed by atoms with Crippen molar-refractivity contribution in [3.8, 4) is 22.5 Å². The number of nitrogens with zero attached hydrogens (tertiary/aromatic N) is 2. The number of benzene rings is 3. The van der Waals surface area contributed by atoms with Crippen LogP contribution in [0, 0.1) is 35.2 Å². The number of amides is 1. The molecule has 4 N–H and O–H groups in total. The fourth-order valence-corrected chi connectivity index (χ4v) is 7.64. The van der Waals surface area contributed by atoms with Crippen molar-refractivity contribution in [2.45, 2.75) is 63.8 Å². The average molecular weight is 687 g/mol. The summed E-state index contributed by atoms with van der Waals surface area (Å²) in [6.07, 6.45) is 7.93. The summed E-state index contributed by atoms with van der Waals surface area (Å²) in [5.41, 5.74) is 13.6. The van der Waals surface area contributed by atoms with Gasteiger partial charge >= 0.3 is 5.97 Å². The van der Waals surface area contributed by atoms with Gasteiger partial charge in [0.2, 0.25) is 0 Å². The molecule has 8 nitrogen and oxygen atoms in total. The van der Waals surface area contributed by atoms with Crippen LogP contribution in [0.1, 0.15) is 78.5 Å². The molecule has 3 aromatic carbocycles. The molecule has 262 valence electrons. The van der Waals surface area contributed by atoms with Gasteiger partial charge in [-0.15, -0.1) is 0 Å². The summed E-state index contributed by atoms with van der Waals surface area (Å²) >= 11 is 0. The third kappa shape index (κ3) is 6.88. The number of carboxylic acids is 1. The number of piperidine rings is 1. The van der Waals surface area contributed by atoms with Crippen LogP contribution in [-0.4, -0.2) is 52.7 Å². The molecule has 0 unspecified atom stereocenters. The molecule has 3 aliphatic carbocycles. The number of aromatic nitrogens is 1. The first kappa shape index (κ1) is 33.8. The molecule has 11 heteroatoms. The Balaban J connectivity index is 0.000000169. The smallest absolute Gasteiger partial charge is 0.309 e.